The molecule has 2 fully saturated rings. The lowest BCUT2D eigenvalue weighted by Crippen LogP contribution is -2.66. The van der Waals surface area contributed by atoms with Crippen LogP contribution >= 0.6 is 15.9 Å². The highest BCUT2D eigenvalue weighted by atomic mass is 79.9. The zero-order valence-electron chi connectivity index (χ0n) is 20.6. The van der Waals surface area contributed by atoms with Crippen molar-refractivity contribution in [1.29, 1.82) is 5.41 Å². The predicted octanol–water partition coefficient (Wildman–Crippen LogP) is 4.93. The summed E-state index contributed by atoms with van der Waals surface area (Å²) in [7, 11) is 1.47. The number of carbonyl (C=O) groups is 1. The van der Waals surface area contributed by atoms with Crippen molar-refractivity contribution in [3.63, 3.8) is 0 Å². The van der Waals surface area contributed by atoms with Crippen molar-refractivity contribution >= 4 is 33.4 Å². The number of halogens is 1. The second-order valence-corrected chi connectivity index (χ2v) is 10.6. The molecule has 2 saturated heterocycles. The van der Waals surface area contributed by atoms with Gasteiger partial charge in [-0.25, -0.2) is 4.90 Å². The first kappa shape index (κ1) is 24.2. The molecule has 0 radical (unpaired) electrons. The van der Waals surface area contributed by atoms with Crippen LogP contribution in [0.1, 0.15) is 37.8 Å². The molecule has 3 aliphatic heterocycles. The van der Waals surface area contributed by atoms with E-state index < -0.39 is 11.7 Å². The largest absolute Gasteiger partial charge is 0.468 e. The molecule has 4 atom stereocenters. The van der Waals surface area contributed by atoms with E-state index in [1.165, 1.54) is 12.7 Å². The number of allylic oxidation sites excluding steroid dienone is 1. The summed E-state index contributed by atoms with van der Waals surface area (Å²) < 4.78 is 6.39. The van der Waals surface area contributed by atoms with Gasteiger partial charge < -0.3 is 9.64 Å². The van der Waals surface area contributed by atoms with Gasteiger partial charge in [0.15, 0.2) is 0 Å². The SMILES string of the molecule is C=CC[C@@]12C[C@@H](C(=O)OC)N3[C@@H]1N(C(=N)[C@]3(Cc1ccccc1)N(CC)CC)c1ccc(Br)cc12. The van der Waals surface area contributed by atoms with Crippen molar-refractivity contribution in [3.8, 4) is 0 Å². The van der Waals surface area contributed by atoms with Crippen LogP contribution < -0.4 is 4.90 Å². The Hall–Kier alpha value is -2.48. The molecular formula is C28H33BrN4O2. The van der Waals surface area contributed by atoms with Crippen LogP contribution in [0, 0.1) is 5.41 Å². The zero-order chi connectivity index (χ0) is 25.0. The topological polar surface area (TPSA) is 59.9 Å². The van der Waals surface area contributed by atoms with Crippen LogP contribution in [0.15, 0.2) is 65.7 Å². The van der Waals surface area contributed by atoms with E-state index in [1.807, 2.05) is 30.3 Å². The summed E-state index contributed by atoms with van der Waals surface area (Å²) in [5.41, 5.74) is 2.23. The monoisotopic (exact) mass is 536 g/mol. The second kappa shape index (κ2) is 8.87. The number of methoxy groups -OCH3 is 1. The van der Waals surface area contributed by atoms with Gasteiger partial charge in [-0.1, -0.05) is 66.2 Å². The highest BCUT2D eigenvalue weighted by molar-refractivity contribution is 9.10. The molecule has 3 aliphatic rings. The number of nitrogens with one attached hydrogen (secondary N) is 1. The van der Waals surface area contributed by atoms with Gasteiger partial charge >= 0.3 is 5.97 Å². The lowest BCUT2D eigenvalue weighted by atomic mass is 9.75. The molecule has 2 aromatic rings. The quantitative estimate of drug-likeness (QED) is 0.383. The minimum absolute atomic E-state index is 0.161. The third-order valence-electron chi connectivity index (χ3n) is 8.26. The molecule has 5 rings (SSSR count). The van der Waals surface area contributed by atoms with Gasteiger partial charge in [0.05, 0.1) is 7.11 Å². The Labute approximate surface area is 216 Å². The van der Waals surface area contributed by atoms with Crippen LogP contribution in [0.3, 0.4) is 0 Å². The minimum atomic E-state index is -0.776. The number of anilines is 1. The van der Waals surface area contributed by atoms with Gasteiger partial charge in [-0.3, -0.25) is 15.1 Å². The molecule has 0 amide bonds. The number of nitrogens with zero attached hydrogens (tertiary/aromatic N) is 3. The number of likely N-dealkylation sites (N-methyl/N-ethyl adjacent to an activating group) is 1. The van der Waals surface area contributed by atoms with E-state index >= 15 is 0 Å². The Kier molecular flexibility index (Phi) is 6.14. The van der Waals surface area contributed by atoms with Crippen molar-refractivity contribution in [1.82, 2.24) is 9.80 Å². The summed E-state index contributed by atoms with van der Waals surface area (Å²) in [4.78, 5) is 20.3. The van der Waals surface area contributed by atoms with Crippen molar-refractivity contribution in [2.24, 2.45) is 0 Å². The molecule has 0 saturated carbocycles. The average Bonchev–Trinajstić information content (AvgIpc) is 3.43. The van der Waals surface area contributed by atoms with E-state index in [4.69, 9.17) is 4.74 Å². The van der Waals surface area contributed by atoms with E-state index in [1.54, 1.807) is 0 Å². The van der Waals surface area contributed by atoms with Crippen molar-refractivity contribution in [2.45, 2.75) is 56.4 Å². The molecule has 0 spiro atoms. The van der Waals surface area contributed by atoms with Gasteiger partial charge in [-0.2, -0.15) is 0 Å². The van der Waals surface area contributed by atoms with Crippen LogP contribution in [-0.4, -0.2) is 59.7 Å². The first-order valence-electron chi connectivity index (χ1n) is 12.3. The molecule has 0 unspecified atom stereocenters. The normalized spacial score (nSPS) is 28.9. The number of fused-ring (bicyclic) bond motifs is 3. The Balaban J connectivity index is 1.80. The molecule has 7 heteroatoms. The van der Waals surface area contributed by atoms with Crippen LogP contribution in [0.2, 0.25) is 0 Å². The summed E-state index contributed by atoms with van der Waals surface area (Å²) in [5.74, 6) is 0.289. The van der Waals surface area contributed by atoms with E-state index in [-0.39, 0.29) is 17.6 Å². The fourth-order valence-electron chi connectivity index (χ4n) is 6.99. The van der Waals surface area contributed by atoms with Gasteiger partial charge in [-0.05, 0) is 55.3 Å². The molecule has 35 heavy (non-hydrogen) atoms. The van der Waals surface area contributed by atoms with Crippen LogP contribution in [0.4, 0.5) is 5.69 Å². The number of amidine groups is 1. The molecule has 1 N–H and O–H groups in total. The summed E-state index contributed by atoms with van der Waals surface area (Å²) in [6.07, 6.45) is 3.76. The maximum atomic E-state index is 13.4. The van der Waals surface area contributed by atoms with E-state index in [0.717, 1.165) is 28.8 Å². The molecule has 0 aromatic heterocycles. The van der Waals surface area contributed by atoms with Gasteiger partial charge in [0.25, 0.3) is 0 Å². The highest BCUT2D eigenvalue weighted by Crippen LogP contribution is 2.62. The first-order chi connectivity index (χ1) is 16.9. The molecular weight excluding hydrogens is 504 g/mol. The predicted molar refractivity (Wildman–Crippen MR) is 143 cm³/mol. The molecule has 0 aliphatic carbocycles. The lowest BCUT2D eigenvalue weighted by Gasteiger charge is -2.47. The summed E-state index contributed by atoms with van der Waals surface area (Å²) in [6.45, 7) is 9.90. The zero-order valence-corrected chi connectivity index (χ0v) is 22.2. The lowest BCUT2D eigenvalue weighted by molar-refractivity contribution is -0.150. The fraction of sp³-hybridized carbons (Fsp3) is 0.429. The Morgan fingerprint density at radius 3 is 2.60 bits per heavy atom. The van der Waals surface area contributed by atoms with Crippen LogP contribution in [0.5, 0.6) is 0 Å². The minimum Gasteiger partial charge on any atom is -0.468 e. The fourth-order valence-corrected chi connectivity index (χ4v) is 7.35. The third kappa shape index (κ3) is 3.21. The van der Waals surface area contributed by atoms with Crippen LogP contribution in [0.25, 0.3) is 0 Å². The first-order valence-corrected chi connectivity index (χ1v) is 13.1. The number of hydrogen-bond acceptors (Lipinski definition) is 5. The van der Waals surface area contributed by atoms with Crippen molar-refractivity contribution in [2.75, 3.05) is 25.1 Å². The van der Waals surface area contributed by atoms with Gasteiger partial charge in [-0.15, -0.1) is 6.58 Å². The Morgan fingerprint density at radius 1 is 1.26 bits per heavy atom. The van der Waals surface area contributed by atoms with E-state index in [2.05, 4.69) is 75.3 Å². The summed E-state index contributed by atoms with van der Waals surface area (Å²) >= 11 is 3.66. The van der Waals surface area contributed by atoms with Crippen LogP contribution in [-0.2, 0) is 21.4 Å². The van der Waals surface area contributed by atoms with Gasteiger partial charge in [0, 0.05) is 22.0 Å². The third-order valence-corrected chi connectivity index (χ3v) is 8.75. The highest BCUT2D eigenvalue weighted by Gasteiger charge is 2.73. The average molecular weight is 538 g/mol. The number of carbonyl (C=O) groups excluding carboxylic acids is 1. The molecule has 184 valence electrons. The smallest absolute Gasteiger partial charge is 0.323 e. The number of esters is 1. The van der Waals surface area contributed by atoms with Crippen molar-refractivity contribution < 1.29 is 9.53 Å². The number of hydrogen-bond donors (Lipinski definition) is 1. The maximum Gasteiger partial charge on any atom is 0.323 e. The molecule has 3 heterocycles. The van der Waals surface area contributed by atoms with Gasteiger partial charge in [0.1, 0.15) is 23.7 Å². The number of rotatable bonds is 8. The van der Waals surface area contributed by atoms with E-state index in [9.17, 15) is 10.2 Å². The molecule has 2 aromatic carbocycles. The number of benzene rings is 2. The maximum absolute atomic E-state index is 13.4. The summed E-state index contributed by atoms with van der Waals surface area (Å²) in [5, 5.41) is 9.77. The van der Waals surface area contributed by atoms with Gasteiger partial charge in [0.2, 0.25) is 0 Å². The Bertz CT molecular complexity index is 1170. The molecule has 6 nitrogen and oxygen atoms in total. The van der Waals surface area contributed by atoms with E-state index in [0.29, 0.717) is 25.1 Å². The van der Waals surface area contributed by atoms with Crippen molar-refractivity contribution in [3.05, 3.63) is 76.8 Å². The standard InChI is InChI=1S/C28H33BrN4O2/c1-5-15-27-18-23(24(34)35-4)33-26(27)32(22-14-13-20(29)16-21(22)27)25(30)28(33,31(6-2)7-3)17-19-11-9-8-10-12-19/h5,8-14,16,23,26,30H,1,6-7,15,17-18H2,2-4H3/t23-,26-,27-,28+/m0/s1. The second-order valence-electron chi connectivity index (χ2n) is 9.70. The Morgan fingerprint density at radius 2 is 1.97 bits per heavy atom. The number of ether oxygens (including phenoxy) is 1. The summed E-state index contributed by atoms with van der Waals surface area (Å²) in [6, 6.07) is 16.2. The molecule has 0 bridgehead atoms.